The summed E-state index contributed by atoms with van der Waals surface area (Å²) in [5, 5.41) is 7.59. The monoisotopic (exact) mass is 394 g/mol. The molecule has 3 atom stereocenters. The third-order valence-corrected chi connectivity index (χ3v) is 5.67. The van der Waals surface area contributed by atoms with Gasteiger partial charge in [-0.25, -0.2) is 0 Å². The maximum absolute atomic E-state index is 5.38. The first-order chi connectivity index (χ1) is 12.5. The normalized spacial score (nSPS) is 23.8. The van der Waals surface area contributed by atoms with Crippen molar-refractivity contribution in [1.82, 2.24) is 21.5 Å². The van der Waals surface area contributed by atoms with E-state index in [-0.39, 0.29) is 6.79 Å². The van der Waals surface area contributed by atoms with E-state index in [1.54, 1.807) is 0 Å². The van der Waals surface area contributed by atoms with Gasteiger partial charge in [0.15, 0.2) is 21.7 Å². The number of benzene rings is 1. The van der Waals surface area contributed by atoms with E-state index in [1.807, 2.05) is 18.2 Å². The minimum atomic E-state index is 0.277. The van der Waals surface area contributed by atoms with Gasteiger partial charge in [0.05, 0.1) is 0 Å². The average molecular weight is 395 g/mol. The van der Waals surface area contributed by atoms with Crippen LogP contribution in [0.5, 0.6) is 11.5 Å². The lowest BCUT2D eigenvalue weighted by atomic mass is 9.78. The van der Waals surface area contributed by atoms with Gasteiger partial charge >= 0.3 is 0 Å². The molecule has 0 unspecified atom stereocenters. The molecule has 1 aromatic carbocycles. The SMILES string of the molecule is C[C@H]1[C@@H](NC(=S)NNC(=S)NCc2ccc3c(c2)OCO3)CCC[C@@H]1C. The van der Waals surface area contributed by atoms with Crippen molar-refractivity contribution in [2.75, 3.05) is 6.79 Å². The van der Waals surface area contributed by atoms with Crippen LogP contribution in [0, 0.1) is 11.8 Å². The summed E-state index contributed by atoms with van der Waals surface area (Å²) in [6.45, 7) is 5.46. The van der Waals surface area contributed by atoms with Gasteiger partial charge in [0.2, 0.25) is 6.79 Å². The average Bonchev–Trinajstić information content (AvgIpc) is 3.10. The highest BCUT2D eigenvalue weighted by atomic mass is 32.1. The molecule has 4 N–H and O–H groups in total. The molecule has 26 heavy (non-hydrogen) atoms. The molecule has 0 saturated heterocycles. The summed E-state index contributed by atoms with van der Waals surface area (Å²) in [7, 11) is 0. The predicted molar refractivity (Wildman–Crippen MR) is 110 cm³/mol. The molecule has 1 saturated carbocycles. The highest BCUT2D eigenvalue weighted by Gasteiger charge is 2.27. The molecule has 142 valence electrons. The third-order valence-electron chi connectivity index (χ3n) is 5.20. The summed E-state index contributed by atoms with van der Waals surface area (Å²) in [5.41, 5.74) is 6.96. The van der Waals surface area contributed by atoms with Gasteiger partial charge in [-0.1, -0.05) is 32.8 Å². The quantitative estimate of drug-likeness (QED) is 0.461. The maximum Gasteiger partial charge on any atom is 0.231 e. The van der Waals surface area contributed by atoms with Crippen LogP contribution in [0.1, 0.15) is 38.7 Å². The van der Waals surface area contributed by atoms with Gasteiger partial charge in [0, 0.05) is 12.6 Å². The van der Waals surface area contributed by atoms with Gasteiger partial charge in [0.1, 0.15) is 0 Å². The van der Waals surface area contributed by atoms with E-state index in [2.05, 4.69) is 35.3 Å². The Bertz CT molecular complexity index is 671. The van der Waals surface area contributed by atoms with Crippen molar-refractivity contribution < 1.29 is 9.47 Å². The molecular formula is C18H26N4O2S2. The summed E-state index contributed by atoms with van der Waals surface area (Å²) in [6.07, 6.45) is 3.69. The highest BCUT2D eigenvalue weighted by molar-refractivity contribution is 7.80. The molecule has 1 fully saturated rings. The highest BCUT2D eigenvalue weighted by Crippen LogP contribution is 2.32. The van der Waals surface area contributed by atoms with Gasteiger partial charge in [-0.3, -0.25) is 10.9 Å². The molecule has 0 radical (unpaired) electrons. The van der Waals surface area contributed by atoms with E-state index in [0.717, 1.165) is 29.4 Å². The molecule has 2 aliphatic rings. The van der Waals surface area contributed by atoms with E-state index in [1.165, 1.54) is 12.8 Å². The van der Waals surface area contributed by atoms with Gasteiger partial charge in [-0.05, 0) is 60.4 Å². The molecule has 0 bridgehead atoms. The Hall–Kier alpha value is -1.80. The fraction of sp³-hybridized carbons (Fsp3) is 0.556. The minimum Gasteiger partial charge on any atom is -0.454 e. The maximum atomic E-state index is 5.38. The van der Waals surface area contributed by atoms with Crippen LogP contribution in [-0.4, -0.2) is 23.1 Å². The largest absolute Gasteiger partial charge is 0.454 e. The molecule has 1 aromatic rings. The zero-order valence-electron chi connectivity index (χ0n) is 15.1. The molecule has 0 aromatic heterocycles. The van der Waals surface area contributed by atoms with Crippen molar-refractivity contribution in [2.45, 2.75) is 45.7 Å². The van der Waals surface area contributed by atoms with Crippen LogP contribution in [0.3, 0.4) is 0 Å². The van der Waals surface area contributed by atoms with Crippen molar-refractivity contribution in [1.29, 1.82) is 0 Å². The van der Waals surface area contributed by atoms with Crippen molar-refractivity contribution in [3.8, 4) is 11.5 Å². The van der Waals surface area contributed by atoms with Crippen LogP contribution < -0.4 is 31.0 Å². The van der Waals surface area contributed by atoms with Gasteiger partial charge in [-0.2, -0.15) is 0 Å². The molecule has 3 rings (SSSR count). The Morgan fingerprint density at radius 2 is 1.85 bits per heavy atom. The number of hydrazine groups is 1. The van der Waals surface area contributed by atoms with Crippen molar-refractivity contribution in [2.24, 2.45) is 11.8 Å². The van der Waals surface area contributed by atoms with E-state index in [0.29, 0.717) is 28.7 Å². The van der Waals surface area contributed by atoms with E-state index in [4.69, 9.17) is 33.9 Å². The Morgan fingerprint density at radius 1 is 1.08 bits per heavy atom. The number of ether oxygens (including phenoxy) is 2. The van der Waals surface area contributed by atoms with Crippen LogP contribution in [0.25, 0.3) is 0 Å². The standard InChI is InChI=1S/C18H26N4O2S2/c1-11-4-3-5-14(12(11)2)20-18(26)22-21-17(25)19-9-13-6-7-15-16(8-13)24-10-23-15/h6-8,11-12,14H,3-5,9-10H2,1-2H3,(H2,19,21,25)(H2,20,22,26)/t11-,12+,14-/m0/s1. The Balaban J connectivity index is 1.37. The first kappa shape index (κ1) is 19.0. The van der Waals surface area contributed by atoms with Crippen LogP contribution in [0.4, 0.5) is 0 Å². The number of nitrogens with one attached hydrogen (secondary N) is 4. The van der Waals surface area contributed by atoms with E-state index >= 15 is 0 Å². The van der Waals surface area contributed by atoms with Crippen LogP contribution >= 0.6 is 24.4 Å². The zero-order chi connectivity index (χ0) is 18.5. The van der Waals surface area contributed by atoms with Gasteiger partial charge in [-0.15, -0.1) is 0 Å². The third kappa shape index (κ3) is 4.88. The molecular weight excluding hydrogens is 368 g/mol. The fourth-order valence-corrected chi connectivity index (χ4v) is 3.71. The molecule has 1 heterocycles. The van der Waals surface area contributed by atoms with Crippen molar-refractivity contribution in [3.63, 3.8) is 0 Å². The Morgan fingerprint density at radius 3 is 2.69 bits per heavy atom. The van der Waals surface area contributed by atoms with E-state index < -0.39 is 0 Å². The van der Waals surface area contributed by atoms with Crippen LogP contribution in [0.15, 0.2) is 18.2 Å². The zero-order valence-corrected chi connectivity index (χ0v) is 16.8. The minimum absolute atomic E-state index is 0.277. The molecule has 0 spiro atoms. The number of rotatable bonds is 3. The second-order valence-electron chi connectivity index (χ2n) is 6.97. The Labute approximate surface area is 165 Å². The van der Waals surface area contributed by atoms with Gasteiger partial charge in [0.25, 0.3) is 0 Å². The molecule has 0 amide bonds. The van der Waals surface area contributed by atoms with Crippen LogP contribution in [-0.2, 0) is 6.54 Å². The fourth-order valence-electron chi connectivity index (χ4n) is 3.38. The predicted octanol–water partition coefficient (Wildman–Crippen LogP) is 2.58. The number of hydrogen-bond acceptors (Lipinski definition) is 4. The second-order valence-corrected chi connectivity index (χ2v) is 7.78. The smallest absolute Gasteiger partial charge is 0.231 e. The molecule has 1 aliphatic heterocycles. The van der Waals surface area contributed by atoms with Crippen LogP contribution in [0.2, 0.25) is 0 Å². The second kappa shape index (κ2) is 8.73. The molecule has 6 nitrogen and oxygen atoms in total. The first-order valence-corrected chi connectivity index (χ1v) is 9.83. The number of fused-ring (bicyclic) bond motifs is 1. The molecule has 8 heteroatoms. The topological polar surface area (TPSA) is 66.6 Å². The van der Waals surface area contributed by atoms with Gasteiger partial charge < -0.3 is 20.1 Å². The lowest BCUT2D eigenvalue weighted by Gasteiger charge is -2.35. The van der Waals surface area contributed by atoms with Crippen molar-refractivity contribution >= 4 is 34.7 Å². The molecule has 1 aliphatic carbocycles. The summed E-state index contributed by atoms with van der Waals surface area (Å²) >= 11 is 10.7. The van der Waals surface area contributed by atoms with E-state index in [9.17, 15) is 0 Å². The Kier molecular flexibility index (Phi) is 6.37. The summed E-state index contributed by atoms with van der Waals surface area (Å²) in [4.78, 5) is 0. The first-order valence-electron chi connectivity index (χ1n) is 9.02. The van der Waals surface area contributed by atoms with Crippen molar-refractivity contribution in [3.05, 3.63) is 23.8 Å². The number of hydrogen-bond donors (Lipinski definition) is 4. The lowest BCUT2D eigenvalue weighted by Crippen LogP contribution is -2.54. The summed E-state index contributed by atoms with van der Waals surface area (Å²) in [5.74, 6) is 2.88. The summed E-state index contributed by atoms with van der Waals surface area (Å²) in [6, 6.07) is 6.24. The summed E-state index contributed by atoms with van der Waals surface area (Å²) < 4.78 is 10.7. The lowest BCUT2D eigenvalue weighted by molar-refractivity contribution is 0.174. The number of thiocarbonyl (C=S) groups is 2.